The molecule has 0 saturated carbocycles. The summed E-state index contributed by atoms with van der Waals surface area (Å²) < 4.78 is 0. The van der Waals surface area contributed by atoms with Gasteiger partial charge in [0.1, 0.15) is 0 Å². The molecule has 0 aromatic heterocycles. The summed E-state index contributed by atoms with van der Waals surface area (Å²) in [5.41, 5.74) is 8.15. The average Bonchev–Trinajstić information content (AvgIpc) is 2.78. The van der Waals surface area contributed by atoms with Crippen molar-refractivity contribution in [1.82, 2.24) is 15.5 Å². The van der Waals surface area contributed by atoms with E-state index in [1.54, 1.807) is 0 Å². The summed E-state index contributed by atoms with van der Waals surface area (Å²) in [4.78, 5) is 17.9. The number of benzene rings is 3. The van der Waals surface area contributed by atoms with Crippen LogP contribution < -0.4 is 16.4 Å². The number of rotatable bonds is 7. The standard InChI is InChI=1S/C25H28N6O2/c1-30(2)17-19-12-10-18(11-13-19)14-25(26)23(31(32)33)16-28-24(29-25)27-15-21-8-5-7-20-6-3-4-9-22(20)21/h3-13,16H,14-15,17,26H2,1-2H3,(H2,27,28,29). The SMILES string of the molecule is CN(C)Cc1ccc(CC2(N)NC(=NCc3cccc4ccccc34)NC=C2[N+](=O)[O-])cc1. The monoisotopic (exact) mass is 444 g/mol. The molecular weight excluding hydrogens is 416 g/mol. The molecule has 0 bridgehead atoms. The molecule has 1 aliphatic heterocycles. The maximum absolute atomic E-state index is 11.7. The first kappa shape index (κ1) is 22.4. The third-order valence-corrected chi connectivity index (χ3v) is 5.63. The molecule has 8 heteroatoms. The van der Waals surface area contributed by atoms with Gasteiger partial charge in [-0.1, -0.05) is 66.7 Å². The minimum Gasteiger partial charge on any atom is -0.329 e. The Morgan fingerprint density at radius 2 is 1.73 bits per heavy atom. The first-order valence-corrected chi connectivity index (χ1v) is 10.8. The molecule has 1 atom stereocenters. The molecule has 8 nitrogen and oxygen atoms in total. The highest BCUT2D eigenvalue weighted by Crippen LogP contribution is 2.22. The van der Waals surface area contributed by atoms with Crippen LogP contribution >= 0.6 is 0 Å². The van der Waals surface area contributed by atoms with Crippen LogP contribution in [-0.4, -0.2) is 35.5 Å². The topological polar surface area (TPSA) is 109 Å². The fraction of sp³-hybridized carbons (Fsp3) is 0.240. The van der Waals surface area contributed by atoms with Crippen LogP contribution in [-0.2, 0) is 19.5 Å². The van der Waals surface area contributed by atoms with Gasteiger partial charge in [0.25, 0.3) is 0 Å². The molecule has 3 aromatic carbocycles. The van der Waals surface area contributed by atoms with Crippen molar-refractivity contribution in [3.8, 4) is 0 Å². The summed E-state index contributed by atoms with van der Waals surface area (Å²) >= 11 is 0. The molecule has 170 valence electrons. The lowest BCUT2D eigenvalue weighted by Gasteiger charge is -2.32. The van der Waals surface area contributed by atoms with Gasteiger partial charge in [-0.05, 0) is 41.6 Å². The molecule has 33 heavy (non-hydrogen) atoms. The van der Waals surface area contributed by atoms with Crippen LogP contribution in [0.2, 0.25) is 0 Å². The molecule has 3 aromatic rings. The van der Waals surface area contributed by atoms with E-state index in [9.17, 15) is 10.1 Å². The highest BCUT2D eigenvalue weighted by Gasteiger charge is 2.42. The first-order chi connectivity index (χ1) is 15.8. The smallest absolute Gasteiger partial charge is 0.302 e. The van der Waals surface area contributed by atoms with E-state index in [1.165, 1.54) is 6.20 Å². The molecular formula is C25H28N6O2. The van der Waals surface area contributed by atoms with E-state index in [0.29, 0.717) is 12.5 Å². The molecule has 0 saturated heterocycles. The molecule has 1 aliphatic rings. The Morgan fingerprint density at radius 1 is 1.03 bits per heavy atom. The van der Waals surface area contributed by atoms with E-state index in [1.807, 2.05) is 62.6 Å². The van der Waals surface area contributed by atoms with Crippen molar-refractivity contribution < 1.29 is 4.92 Å². The summed E-state index contributed by atoms with van der Waals surface area (Å²) in [6.45, 7) is 1.23. The molecule has 0 spiro atoms. The zero-order chi connectivity index (χ0) is 23.4. The highest BCUT2D eigenvalue weighted by atomic mass is 16.6. The summed E-state index contributed by atoms with van der Waals surface area (Å²) in [7, 11) is 4.02. The van der Waals surface area contributed by atoms with Crippen LogP contribution in [0, 0.1) is 10.1 Å². The van der Waals surface area contributed by atoms with Gasteiger partial charge in [0.05, 0.1) is 17.7 Å². The van der Waals surface area contributed by atoms with Crippen molar-refractivity contribution in [1.29, 1.82) is 0 Å². The number of nitrogens with two attached hydrogens (primary N) is 1. The fourth-order valence-corrected chi connectivity index (χ4v) is 4.06. The number of aliphatic imine (C=N–C) groups is 1. The Kier molecular flexibility index (Phi) is 6.39. The van der Waals surface area contributed by atoms with E-state index in [0.717, 1.165) is 34.0 Å². The van der Waals surface area contributed by atoms with Crippen LogP contribution in [0.25, 0.3) is 10.8 Å². The van der Waals surface area contributed by atoms with Crippen molar-refractivity contribution in [2.24, 2.45) is 10.7 Å². The Hall–Kier alpha value is -3.75. The van der Waals surface area contributed by atoms with Gasteiger partial charge in [-0.15, -0.1) is 0 Å². The number of nitrogens with zero attached hydrogens (tertiary/aromatic N) is 3. The summed E-state index contributed by atoms with van der Waals surface area (Å²) in [5.74, 6) is 0.403. The molecule has 4 N–H and O–H groups in total. The number of hydrogen-bond donors (Lipinski definition) is 3. The predicted octanol–water partition coefficient (Wildman–Crippen LogP) is 2.97. The summed E-state index contributed by atoms with van der Waals surface area (Å²) in [6.07, 6.45) is 1.58. The second kappa shape index (κ2) is 9.40. The second-order valence-corrected chi connectivity index (χ2v) is 8.56. The number of fused-ring (bicyclic) bond motifs is 1. The van der Waals surface area contributed by atoms with E-state index >= 15 is 0 Å². The Balaban J connectivity index is 1.56. The van der Waals surface area contributed by atoms with Crippen molar-refractivity contribution >= 4 is 16.7 Å². The van der Waals surface area contributed by atoms with Gasteiger partial charge >= 0.3 is 5.70 Å². The number of guanidine groups is 1. The maximum atomic E-state index is 11.7. The minimum absolute atomic E-state index is 0.135. The van der Waals surface area contributed by atoms with Crippen LogP contribution in [0.15, 0.2) is 83.6 Å². The highest BCUT2D eigenvalue weighted by molar-refractivity contribution is 5.87. The van der Waals surface area contributed by atoms with E-state index in [4.69, 9.17) is 5.73 Å². The zero-order valence-corrected chi connectivity index (χ0v) is 18.8. The van der Waals surface area contributed by atoms with Crippen molar-refractivity contribution in [3.05, 3.63) is 105 Å². The van der Waals surface area contributed by atoms with Crippen LogP contribution in [0.1, 0.15) is 16.7 Å². The van der Waals surface area contributed by atoms with Gasteiger partial charge in [-0.3, -0.25) is 15.8 Å². The largest absolute Gasteiger partial charge is 0.329 e. The van der Waals surface area contributed by atoms with Crippen LogP contribution in [0.4, 0.5) is 0 Å². The van der Waals surface area contributed by atoms with Crippen LogP contribution in [0.3, 0.4) is 0 Å². The molecule has 0 aliphatic carbocycles. The lowest BCUT2D eigenvalue weighted by Crippen LogP contribution is -2.65. The van der Waals surface area contributed by atoms with Gasteiger partial charge in [0.15, 0.2) is 11.6 Å². The third kappa shape index (κ3) is 5.19. The van der Waals surface area contributed by atoms with Crippen molar-refractivity contribution in [3.63, 3.8) is 0 Å². The molecule has 4 rings (SSSR count). The van der Waals surface area contributed by atoms with E-state index < -0.39 is 10.6 Å². The quantitative estimate of drug-likeness (QED) is 0.382. The Morgan fingerprint density at radius 3 is 2.45 bits per heavy atom. The van der Waals surface area contributed by atoms with E-state index in [-0.39, 0.29) is 12.1 Å². The molecule has 0 radical (unpaired) electrons. The van der Waals surface area contributed by atoms with Crippen molar-refractivity contribution in [2.45, 2.75) is 25.2 Å². The number of nitro groups is 1. The molecule has 1 unspecified atom stereocenters. The van der Waals surface area contributed by atoms with Gasteiger partial charge in [-0.2, -0.15) is 0 Å². The van der Waals surface area contributed by atoms with Gasteiger partial charge in [0, 0.05) is 13.0 Å². The second-order valence-electron chi connectivity index (χ2n) is 8.56. The lowest BCUT2D eigenvalue weighted by molar-refractivity contribution is -0.436. The van der Waals surface area contributed by atoms with Gasteiger partial charge in [0.2, 0.25) is 0 Å². The maximum Gasteiger partial charge on any atom is 0.302 e. The van der Waals surface area contributed by atoms with E-state index in [2.05, 4.69) is 38.7 Å². The summed E-state index contributed by atoms with van der Waals surface area (Å²) in [6, 6.07) is 22.2. The number of hydrogen-bond acceptors (Lipinski definition) is 5. The zero-order valence-electron chi connectivity index (χ0n) is 18.8. The molecule has 0 fully saturated rings. The van der Waals surface area contributed by atoms with Crippen molar-refractivity contribution in [2.75, 3.05) is 14.1 Å². The van der Waals surface area contributed by atoms with Crippen LogP contribution in [0.5, 0.6) is 0 Å². The lowest BCUT2D eigenvalue weighted by atomic mass is 9.95. The molecule has 0 amide bonds. The Labute approximate surface area is 193 Å². The van der Waals surface area contributed by atoms with Gasteiger partial charge in [-0.25, -0.2) is 4.99 Å². The number of nitrogens with one attached hydrogen (secondary N) is 2. The normalized spacial score (nSPS) is 19.3. The van der Waals surface area contributed by atoms with Gasteiger partial charge < -0.3 is 15.5 Å². The minimum atomic E-state index is -1.39. The molecule has 1 heterocycles. The predicted molar refractivity (Wildman–Crippen MR) is 131 cm³/mol. The average molecular weight is 445 g/mol. The Bertz CT molecular complexity index is 1210. The third-order valence-electron chi connectivity index (χ3n) is 5.63. The fourth-order valence-electron chi connectivity index (χ4n) is 4.06. The first-order valence-electron chi connectivity index (χ1n) is 10.8. The summed E-state index contributed by atoms with van der Waals surface area (Å²) in [5, 5.41) is 19.9.